The van der Waals surface area contributed by atoms with Crippen LogP contribution in [-0.2, 0) is 18.4 Å². The first-order valence-electron chi connectivity index (χ1n) is 6.50. The fourth-order valence-electron chi connectivity index (χ4n) is 1.81. The molecule has 1 heterocycles. The molecule has 1 atom stereocenters. The molecule has 0 aliphatic rings. The molecule has 20 heavy (non-hydrogen) atoms. The van der Waals surface area contributed by atoms with Crippen molar-refractivity contribution in [1.29, 1.82) is 0 Å². The maximum Gasteiger partial charge on any atom is 0.317 e. The minimum Gasteiger partial charge on any atom is -0.481 e. The summed E-state index contributed by atoms with van der Waals surface area (Å²) >= 11 is 0. The highest BCUT2D eigenvalue weighted by Gasteiger charge is 2.21. The second-order valence-corrected chi connectivity index (χ2v) is 5.28. The van der Waals surface area contributed by atoms with E-state index >= 15 is 0 Å². The van der Waals surface area contributed by atoms with Crippen molar-refractivity contribution in [3.63, 3.8) is 0 Å². The fourth-order valence-corrected chi connectivity index (χ4v) is 1.81. The van der Waals surface area contributed by atoms with E-state index in [9.17, 15) is 9.59 Å². The van der Waals surface area contributed by atoms with Crippen LogP contribution in [0.1, 0.15) is 25.8 Å². The second kappa shape index (κ2) is 6.93. The van der Waals surface area contributed by atoms with E-state index in [0.29, 0.717) is 6.54 Å². The number of urea groups is 1. The Morgan fingerprint density at radius 3 is 2.60 bits per heavy atom. The number of carbonyl (C=O) groups excluding carboxylic acids is 1. The lowest BCUT2D eigenvalue weighted by atomic mass is 10.0. The monoisotopic (exact) mass is 282 g/mol. The molecule has 0 saturated heterocycles. The zero-order valence-corrected chi connectivity index (χ0v) is 12.3. The van der Waals surface area contributed by atoms with Crippen LogP contribution in [0.2, 0.25) is 0 Å². The predicted octanol–water partition coefficient (Wildman–Crippen LogP) is 1.06. The summed E-state index contributed by atoms with van der Waals surface area (Å²) in [4.78, 5) is 24.3. The number of carboxylic acid groups (broad SMARTS) is 1. The highest BCUT2D eigenvalue weighted by Crippen LogP contribution is 2.08. The van der Waals surface area contributed by atoms with Crippen molar-refractivity contribution in [2.24, 2.45) is 13.0 Å². The molecule has 2 amide bonds. The number of nitrogens with zero attached hydrogens (tertiary/aromatic N) is 3. The quantitative estimate of drug-likeness (QED) is 0.816. The lowest BCUT2D eigenvalue weighted by Gasteiger charge is -2.24. The molecule has 0 radical (unpaired) electrons. The molecule has 7 heteroatoms. The van der Waals surface area contributed by atoms with Crippen LogP contribution in [0, 0.1) is 5.92 Å². The Morgan fingerprint density at radius 1 is 1.50 bits per heavy atom. The van der Waals surface area contributed by atoms with E-state index in [1.807, 2.05) is 27.1 Å². The number of aromatic nitrogens is 2. The van der Waals surface area contributed by atoms with Crippen molar-refractivity contribution in [1.82, 2.24) is 20.0 Å². The van der Waals surface area contributed by atoms with Gasteiger partial charge in [-0.05, 0) is 5.92 Å². The molecular formula is C13H22N4O3. The Morgan fingerprint density at radius 2 is 2.15 bits per heavy atom. The molecule has 0 aliphatic heterocycles. The largest absolute Gasteiger partial charge is 0.481 e. The van der Waals surface area contributed by atoms with Crippen LogP contribution in [0.3, 0.4) is 0 Å². The normalized spacial score (nSPS) is 12.2. The molecule has 1 unspecified atom stereocenters. The smallest absolute Gasteiger partial charge is 0.317 e. The van der Waals surface area contributed by atoms with Crippen molar-refractivity contribution in [2.75, 3.05) is 7.05 Å². The van der Waals surface area contributed by atoms with Crippen LogP contribution in [0.4, 0.5) is 4.79 Å². The van der Waals surface area contributed by atoms with Gasteiger partial charge < -0.3 is 15.3 Å². The number of hydrogen-bond acceptors (Lipinski definition) is 3. The van der Waals surface area contributed by atoms with Crippen molar-refractivity contribution in [3.05, 3.63) is 18.0 Å². The molecule has 1 aromatic heterocycles. The average molecular weight is 282 g/mol. The first kappa shape index (κ1) is 16.0. The van der Waals surface area contributed by atoms with Crippen LogP contribution in [-0.4, -0.2) is 44.9 Å². The summed E-state index contributed by atoms with van der Waals surface area (Å²) in [6, 6.07) is -0.662. The topological polar surface area (TPSA) is 87.5 Å². The molecule has 1 aromatic rings. The van der Waals surface area contributed by atoms with E-state index in [4.69, 9.17) is 5.11 Å². The molecule has 0 aliphatic carbocycles. The van der Waals surface area contributed by atoms with E-state index in [1.165, 1.54) is 4.90 Å². The van der Waals surface area contributed by atoms with Gasteiger partial charge in [0.2, 0.25) is 0 Å². The van der Waals surface area contributed by atoms with Gasteiger partial charge in [-0.25, -0.2) is 4.79 Å². The van der Waals surface area contributed by atoms with Gasteiger partial charge in [-0.15, -0.1) is 0 Å². The number of hydrogen-bond donors (Lipinski definition) is 2. The summed E-state index contributed by atoms with van der Waals surface area (Å²) in [5.74, 6) is -0.860. The number of carboxylic acids is 1. The molecule has 2 N–H and O–H groups in total. The summed E-state index contributed by atoms with van der Waals surface area (Å²) in [7, 11) is 3.48. The molecule has 1 rings (SSSR count). The standard InChI is InChI=1S/C13H22N4O3/c1-9(2)11(5-12(18)19)15-13(20)16(3)7-10-6-14-17(4)8-10/h6,8-9,11H,5,7H2,1-4H3,(H,15,20)(H,18,19). The third kappa shape index (κ3) is 4.91. The van der Waals surface area contributed by atoms with Crippen molar-refractivity contribution < 1.29 is 14.7 Å². The van der Waals surface area contributed by atoms with E-state index in [-0.39, 0.29) is 24.4 Å². The van der Waals surface area contributed by atoms with Gasteiger partial charge >= 0.3 is 12.0 Å². The summed E-state index contributed by atoms with van der Waals surface area (Å²) in [5, 5.41) is 15.6. The molecule has 0 aromatic carbocycles. The molecule has 0 saturated carbocycles. The average Bonchev–Trinajstić information content (AvgIpc) is 2.72. The van der Waals surface area contributed by atoms with Crippen LogP contribution in [0.5, 0.6) is 0 Å². The van der Waals surface area contributed by atoms with Gasteiger partial charge in [0.05, 0.1) is 19.2 Å². The Kier molecular flexibility index (Phi) is 5.54. The number of rotatable bonds is 6. The highest BCUT2D eigenvalue weighted by atomic mass is 16.4. The number of aliphatic carboxylic acids is 1. The number of aryl methyl sites for hydroxylation is 1. The van der Waals surface area contributed by atoms with Crippen molar-refractivity contribution in [3.8, 4) is 0 Å². The van der Waals surface area contributed by atoms with Gasteiger partial charge in [0.15, 0.2) is 0 Å². The Balaban J connectivity index is 2.57. The molecule has 0 bridgehead atoms. The summed E-state index contributed by atoms with van der Waals surface area (Å²) in [5.41, 5.74) is 0.921. The number of nitrogens with one attached hydrogen (secondary N) is 1. The SMILES string of the molecule is CC(C)C(CC(=O)O)NC(=O)N(C)Cc1cnn(C)c1. The minimum atomic E-state index is -0.918. The van der Waals surface area contributed by atoms with Crippen LogP contribution >= 0.6 is 0 Å². The first-order chi connectivity index (χ1) is 9.29. The van der Waals surface area contributed by atoms with Crippen molar-refractivity contribution >= 4 is 12.0 Å². The predicted molar refractivity (Wildman–Crippen MR) is 74.1 cm³/mol. The molecule has 0 spiro atoms. The summed E-state index contributed by atoms with van der Waals surface area (Å²) in [6.45, 7) is 4.20. The Bertz CT molecular complexity index is 470. The number of amides is 2. The molecule has 0 fully saturated rings. The van der Waals surface area contributed by atoms with E-state index < -0.39 is 5.97 Å². The Labute approximate surface area is 118 Å². The van der Waals surface area contributed by atoms with Gasteiger partial charge in [-0.1, -0.05) is 13.8 Å². The van der Waals surface area contributed by atoms with Gasteiger partial charge in [0, 0.05) is 31.9 Å². The van der Waals surface area contributed by atoms with Crippen LogP contribution in [0.15, 0.2) is 12.4 Å². The van der Waals surface area contributed by atoms with Crippen molar-refractivity contribution in [2.45, 2.75) is 32.9 Å². The highest BCUT2D eigenvalue weighted by molar-refractivity contribution is 5.75. The zero-order chi connectivity index (χ0) is 15.3. The Hall–Kier alpha value is -2.05. The van der Waals surface area contributed by atoms with Gasteiger partial charge in [0.25, 0.3) is 0 Å². The first-order valence-corrected chi connectivity index (χ1v) is 6.50. The van der Waals surface area contributed by atoms with E-state index in [1.54, 1.807) is 17.9 Å². The summed E-state index contributed by atoms with van der Waals surface area (Å²) < 4.78 is 1.67. The maximum atomic E-state index is 12.0. The van der Waals surface area contributed by atoms with E-state index in [0.717, 1.165) is 5.56 Å². The van der Waals surface area contributed by atoms with Gasteiger partial charge in [-0.3, -0.25) is 9.48 Å². The molecule has 7 nitrogen and oxygen atoms in total. The second-order valence-electron chi connectivity index (χ2n) is 5.28. The minimum absolute atomic E-state index is 0.0573. The van der Waals surface area contributed by atoms with Gasteiger partial charge in [0.1, 0.15) is 0 Å². The maximum absolute atomic E-state index is 12.0. The van der Waals surface area contributed by atoms with Crippen LogP contribution in [0.25, 0.3) is 0 Å². The lowest BCUT2D eigenvalue weighted by Crippen LogP contribution is -2.45. The third-order valence-electron chi connectivity index (χ3n) is 3.03. The molecule has 112 valence electrons. The van der Waals surface area contributed by atoms with Crippen LogP contribution < -0.4 is 5.32 Å². The zero-order valence-electron chi connectivity index (χ0n) is 12.3. The number of carbonyl (C=O) groups is 2. The fraction of sp³-hybridized carbons (Fsp3) is 0.615. The van der Waals surface area contributed by atoms with E-state index in [2.05, 4.69) is 10.4 Å². The molecular weight excluding hydrogens is 260 g/mol. The lowest BCUT2D eigenvalue weighted by molar-refractivity contribution is -0.137. The summed E-state index contributed by atoms with van der Waals surface area (Å²) in [6.07, 6.45) is 3.45. The third-order valence-corrected chi connectivity index (χ3v) is 3.03. The van der Waals surface area contributed by atoms with Gasteiger partial charge in [-0.2, -0.15) is 5.10 Å².